The van der Waals surface area contributed by atoms with Crippen molar-refractivity contribution in [2.75, 3.05) is 47.4 Å². The lowest BCUT2D eigenvalue weighted by Gasteiger charge is -2.41. The summed E-state index contributed by atoms with van der Waals surface area (Å²) < 4.78 is 41.3. The topological polar surface area (TPSA) is 107 Å². The lowest BCUT2D eigenvalue weighted by Crippen LogP contribution is -2.61. The minimum absolute atomic E-state index is 0.106. The maximum absolute atomic E-state index is 13.4. The summed E-state index contributed by atoms with van der Waals surface area (Å²) in [6.45, 7) is 4.86. The van der Waals surface area contributed by atoms with E-state index in [-0.39, 0.29) is 30.5 Å². The molecule has 8 atom stereocenters. The quantitative estimate of drug-likeness (QED) is 0.369. The molecule has 0 aromatic heterocycles. The second-order valence-electron chi connectivity index (χ2n) is 9.84. The highest BCUT2D eigenvalue weighted by Crippen LogP contribution is 2.33. The molecule has 4 rings (SSSR count). The van der Waals surface area contributed by atoms with Crippen LogP contribution in [0.15, 0.2) is 0 Å². The molecule has 4 aliphatic rings. The van der Waals surface area contributed by atoms with Gasteiger partial charge in [-0.05, 0) is 50.5 Å². The number of nitrogens with one attached hydrogen (secondary N) is 4. The average molecular weight is 475 g/mol. The Labute approximate surface area is 193 Å². The van der Waals surface area contributed by atoms with Crippen molar-refractivity contribution >= 4 is 10.0 Å². The van der Waals surface area contributed by atoms with Crippen LogP contribution in [0.3, 0.4) is 0 Å². The zero-order chi connectivity index (χ0) is 22.9. The number of piperidine rings is 1. The second-order valence-corrected chi connectivity index (χ2v) is 11.8. The fourth-order valence-electron chi connectivity index (χ4n) is 6.29. The fraction of sp³-hybridized carbons (Fsp3) is 1.00. The number of rotatable bonds is 8. The molecule has 7 unspecified atom stereocenters. The first kappa shape index (κ1) is 24.7. The largest absolute Gasteiger partial charge is 0.381 e. The van der Waals surface area contributed by atoms with Gasteiger partial charge in [0, 0.05) is 46.9 Å². The highest BCUT2D eigenvalue weighted by Gasteiger charge is 2.48. The molecule has 1 saturated carbocycles. The molecule has 186 valence electrons. The molecule has 0 radical (unpaired) electrons. The van der Waals surface area contributed by atoms with E-state index in [0.29, 0.717) is 24.9 Å². The first-order valence-corrected chi connectivity index (χ1v) is 13.7. The Bertz CT molecular complexity index is 723. The molecular weight excluding hydrogens is 432 g/mol. The highest BCUT2D eigenvalue weighted by atomic mass is 32.2. The summed E-state index contributed by atoms with van der Waals surface area (Å²) in [5, 5.41) is 7.21. The van der Waals surface area contributed by atoms with E-state index in [2.05, 4.69) is 37.8 Å². The maximum atomic E-state index is 13.4. The van der Waals surface area contributed by atoms with Crippen molar-refractivity contribution in [2.45, 2.75) is 74.7 Å². The lowest BCUT2D eigenvalue weighted by atomic mass is 9.80. The maximum Gasteiger partial charge on any atom is 0.217 e. The Kier molecular flexibility index (Phi) is 8.11. The number of hydrogen-bond acceptors (Lipinski definition) is 9. The predicted octanol–water partition coefficient (Wildman–Crippen LogP) is -0.542. The van der Waals surface area contributed by atoms with Gasteiger partial charge in [-0.3, -0.25) is 10.9 Å². The molecule has 0 aromatic carbocycles. The second kappa shape index (κ2) is 10.5. The molecule has 3 saturated heterocycles. The molecule has 0 amide bonds. The van der Waals surface area contributed by atoms with Crippen molar-refractivity contribution in [2.24, 2.45) is 11.8 Å². The van der Waals surface area contributed by atoms with Gasteiger partial charge in [0.1, 0.15) is 5.25 Å². The Balaban J connectivity index is 1.39. The molecule has 0 bridgehead atoms. The molecular formula is C21H42N6O4S. The van der Waals surface area contributed by atoms with E-state index in [9.17, 15) is 8.42 Å². The molecule has 1 aliphatic carbocycles. The summed E-state index contributed by atoms with van der Waals surface area (Å²) in [6, 6.07) is -0.142. The van der Waals surface area contributed by atoms with Crippen molar-refractivity contribution in [3.8, 4) is 0 Å². The number of hydrazine groups is 2. The molecule has 10 nitrogen and oxygen atoms in total. The van der Waals surface area contributed by atoms with Crippen molar-refractivity contribution in [1.29, 1.82) is 0 Å². The van der Waals surface area contributed by atoms with Crippen molar-refractivity contribution in [3.63, 3.8) is 0 Å². The van der Waals surface area contributed by atoms with E-state index >= 15 is 0 Å². The normalized spacial score (nSPS) is 40.4. The van der Waals surface area contributed by atoms with E-state index in [1.54, 1.807) is 14.2 Å². The van der Waals surface area contributed by atoms with Gasteiger partial charge in [0.15, 0.2) is 0 Å². The minimum Gasteiger partial charge on any atom is -0.381 e. The van der Waals surface area contributed by atoms with Crippen LogP contribution in [0.4, 0.5) is 0 Å². The zero-order valence-corrected chi connectivity index (χ0v) is 20.7. The number of nitrogens with zero attached hydrogens (tertiary/aromatic N) is 2. The van der Waals surface area contributed by atoms with E-state index in [4.69, 9.17) is 9.47 Å². The Morgan fingerprint density at radius 1 is 1.16 bits per heavy atom. The molecule has 3 aliphatic heterocycles. The van der Waals surface area contributed by atoms with Crippen LogP contribution in [0.2, 0.25) is 0 Å². The van der Waals surface area contributed by atoms with Gasteiger partial charge < -0.3 is 14.8 Å². The predicted molar refractivity (Wildman–Crippen MR) is 123 cm³/mol. The monoisotopic (exact) mass is 474 g/mol. The van der Waals surface area contributed by atoms with E-state index in [1.165, 1.54) is 0 Å². The minimum atomic E-state index is -3.52. The summed E-state index contributed by atoms with van der Waals surface area (Å²) in [6.07, 6.45) is 5.22. The number of likely N-dealkylation sites (N-methyl/N-ethyl adjacent to an activating group) is 1. The van der Waals surface area contributed by atoms with Crippen LogP contribution < -0.4 is 20.9 Å². The third-order valence-electron chi connectivity index (χ3n) is 8.12. The van der Waals surface area contributed by atoms with Crippen LogP contribution in [0.1, 0.15) is 39.0 Å². The van der Waals surface area contributed by atoms with Gasteiger partial charge in [0.25, 0.3) is 0 Å². The summed E-state index contributed by atoms with van der Waals surface area (Å²) >= 11 is 0. The number of sulfonamides is 1. The van der Waals surface area contributed by atoms with Crippen LogP contribution in [0.25, 0.3) is 0 Å². The number of methoxy groups -OCH3 is 2. The smallest absolute Gasteiger partial charge is 0.217 e. The van der Waals surface area contributed by atoms with Gasteiger partial charge in [-0.25, -0.2) is 23.2 Å². The van der Waals surface area contributed by atoms with Gasteiger partial charge in [-0.1, -0.05) is 6.92 Å². The van der Waals surface area contributed by atoms with Gasteiger partial charge in [0.05, 0.1) is 24.4 Å². The third-order valence-corrected chi connectivity index (χ3v) is 9.91. The van der Waals surface area contributed by atoms with Crippen LogP contribution in [-0.4, -0.2) is 102 Å². The number of ether oxygens (including phenoxy) is 2. The lowest BCUT2D eigenvalue weighted by molar-refractivity contribution is 0.00289. The number of hydrogen-bond donors (Lipinski definition) is 4. The Hall–Kier alpha value is -0.370. The molecule has 32 heavy (non-hydrogen) atoms. The standard InChI is InChI=1S/C21H42N6O4S/c1-5-17(30-3)14-8-9-22-19(10-14)27-13-16(12-24-27)32(28,29)25-20-18(31-4)7-6-15-11-23-26(2)21(15)20/h14-25H,5-13H2,1-4H3/t14?,15?,16?,17-,18?,19?,20?,21?/m0/s1. The third kappa shape index (κ3) is 5.01. The van der Waals surface area contributed by atoms with Crippen molar-refractivity contribution in [3.05, 3.63) is 0 Å². The van der Waals surface area contributed by atoms with Gasteiger partial charge in [-0.15, -0.1) is 0 Å². The molecule has 4 fully saturated rings. The van der Waals surface area contributed by atoms with Crippen molar-refractivity contribution < 1.29 is 17.9 Å². The molecule has 4 N–H and O–H groups in total. The first-order chi connectivity index (χ1) is 15.4. The van der Waals surface area contributed by atoms with Crippen LogP contribution in [-0.2, 0) is 19.5 Å². The fourth-order valence-corrected chi connectivity index (χ4v) is 7.80. The first-order valence-electron chi connectivity index (χ1n) is 12.1. The van der Waals surface area contributed by atoms with Gasteiger partial charge in [0.2, 0.25) is 10.0 Å². The highest BCUT2D eigenvalue weighted by molar-refractivity contribution is 7.90. The summed E-state index contributed by atoms with van der Waals surface area (Å²) in [4.78, 5) is 0. The van der Waals surface area contributed by atoms with Gasteiger partial charge in [-0.2, -0.15) is 0 Å². The SMILES string of the molecule is CC[C@H](OC)C1CCNC(N2CC(S(=O)(=O)NC3C(OC)CCC4CNN(C)C43)CN2)C1. The van der Waals surface area contributed by atoms with E-state index in [1.807, 2.05) is 7.05 Å². The van der Waals surface area contributed by atoms with Crippen LogP contribution in [0.5, 0.6) is 0 Å². The Morgan fingerprint density at radius 3 is 2.69 bits per heavy atom. The molecule has 0 spiro atoms. The molecule has 11 heteroatoms. The van der Waals surface area contributed by atoms with E-state index < -0.39 is 15.3 Å². The summed E-state index contributed by atoms with van der Waals surface area (Å²) in [7, 11) is 1.95. The zero-order valence-electron chi connectivity index (χ0n) is 19.9. The molecule has 0 aromatic rings. The summed E-state index contributed by atoms with van der Waals surface area (Å²) in [5.41, 5.74) is 6.72. The Morgan fingerprint density at radius 2 is 1.97 bits per heavy atom. The average Bonchev–Trinajstić information content (AvgIpc) is 3.43. The van der Waals surface area contributed by atoms with Crippen LogP contribution >= 0.6 is 0 Å². The molecule has 3 heterocycles. The van der Waals surface area contributed by atoms with E-state index in [0.717, 1.165) is 45.2 Å². The van der Waals surface area contributed by atoms with Crippen LogP contribution in [0, 0.1) is 11.8 Å². The number of fused-ring (bicyclic) bond motifs is 1. The van der Waals surface area contributed by atoms with Crippen molar-refractivity contribution in [1.82, 2.24) is 30.9 Å². The van der Waals surface area contributed by atoms with Gasteiger partial charge >= 0.3 is 0 Å². The summed E-state index contributed by atoms with van der Waals surface area (Å²) in [5.74, 6) is 0.923.